The zero-order valence-electron chi connectivity index (χ0n) is 11.6. The predicted molar refractivity (Wildman–Crippen MR) is 84.1 cm³/mol. The van der Waals surface area contributed by atoms with Gasteiger partial charge in [0.25, 0.3) is 0 Å². The molecule has 0 amide bonds. The van der Waals surface area contributed by atoms with Crippen molar-refractivity contribution in [1.82, 2.24) is 4.90 Å². The summed E-state index contributed by atoms with van der Waals surface area (Å²) in [4.78, 5) is 15.0. The fourth-order valence-electron chi connectivity index (χ4n) is 4.07. The molecule has 110 valence electrons. The molecule has 3 heterocycles. The van der Waals surface area contributed by atoms with E-state index in [9.17, 15) is 4.79 Å². The van der Waals surface area contributed by atoms with Gasteiger partial charge in [-0.3, -0.25) is 9.69 Å². The van der Waals surface area contributed by atoms with E-state index in [1.165, 1.54) is 21.5 Å². The molecule has 2 aliphatic heterocycles. The Morgan fingerprint density at radius 3 is 2.60 bits per heavy atom. The smallest absolute Gasteiger partial charge is 0.303 e. The molecule has 0 spiro atoms. The largest absolute Gasteiger partial charge is 0.481 e. The van der Waals surface area contributed by atoms with Crippen LogP contribution in [0.2, 0.25) is 0 Å². The van der Waals surface area contributed by atoms with Crippen LogP contribution in [-0.4, -0.2) is 28.1 Å². The Morgan fingerprint density at radius 1 is 1.45 bits per heavy atom. The summed E-state index contributed by atoms with van der Waals surface area (Å²) in [5.41, 5.74) is 0. The van der Waals surface area contributed by atoms with Gasteiger partial charge in [0.05, 0.1) is 3.79 Å². The highest BCUT2D eigenvalue weighted by Gasteiger charge is 2.43. The van der Waals surface area contributed by atoms with Crippen LogP contribution in [0, 0.1) is 5.92 Å². The molecule has 3 atom stereocenters. The molecular formula is C15H20BrNO2S. The number of hydrogen-bond acceptors (Lipinski definition) is 3. The monoisotopic (exact) mass is 357 g/mol. The Kier molecular flexibility index (Phi) is 4.20. The van der Waals surface area contributed by atoms with E-state index in [-0.39, 0.29) is 0 Å². The van der Waals surface area contributed by atoms with Gasteiger partial charge in [0, 0.05) is 29.4 Å². The van der Waals surface area contributed by atoms with Gasteiger partial charge >= 0.3 is 5.97 Å². The van der Waals surface area contributed by atoms with Gasteiger partial charge in [-0.15, -0.1) is 11.3 Å². The lowest BCUT2D eigenvalue weighted by molar-refractivity contribution is -0.138. The summed E-state index contributed by atoms with van der Waals surface area (Å²) in [6, 6.07) is 5.94. The number of thiophene rings is 1. The topological polar surface area (TPSA) is 40.5 Å². The molecule has 2 fully saturated rings. The first-order valence-electron chi connectivity index (χ1n) is 7.29. The summed E-state index contributed by atoms with van der Waals surface area (Å²) in [7, 11) is 0. The number of carboxylic acids is 1. The molecule has 0 aromatic carbocycles. The highest BCUT2D eigenvalue weighted by Crippen LogP contribution is 2.45. The van der Waals surface area contributed by atoms with E-state index in [1.807, 2.05) is 11.3 Å². The minimum absolute atomic E-state index is 0.347. The number of carbonyl (C=O) groups is 1. The number of piperidine rings is 1. The highest BCUT2D eigenvalue weighted by atomic mass is 79.9. The van der Waals surface area contributed by atoms with Crippen molar-refractivity contribution in [3.63, 3.8) is 0 Å². The van der Waals surface area contributed by atoms with Gasteiger partial charge in [-0.1, -0.05) is 0 Å². The van der Waals surface area contributed by atoms with Crippen LogP contribution in [0.4, 0.5) is 0 Å². The zero-order valence-corrected chi connectivity index (χ0v) is 14.0. The normalized spacial score (nSPS) is 31.4. The maximum absolute atomic E-state index is 10.9. The van der Waals surface area contributed by atoms with Crippen LogP contribution in [-0.2, 0) is 4.79 Å². The molecule has 3 rings (SSSR count). The quantitative estimate of drug-likeness (QED) is 0.873. The number of carboxylic acid groups (broad SMARTS) is 1. The lowest BCUT2D eigenvalue weighted by Gasteiger charge is -2.42. The van der Waals surface area contributed by atoms with E-state index in [2.05, 4.69) is 39.9 Å². The number of halogens is 1. The number of rotatable bonds is 4. The molecule has 2 saturated heterocycles. The minimum Gasteiger partial charge on any atom is -0.481 e. The molecule has 20 heavy (non-hydrogen) atoms. The summed E-state index contributed by atoms with van der Waals surface area (Å²) < 4.78 is 1.19. The summed E-state index contributed by atoms with van der Waals surface area (Å²) in [5.74, 6) is -0.262. The molecule has 2 bridgehead atoms. The van der Waals surface area contributed by atoms with Gasteiger partial charge in [-0.25, -0.2) is 0 Å². The SMILES string of the molecule is CC(c1ccc(Br)s1)N1C2CCC1CC(CC(=O)O)C2. The number of aliphatic carboxylic acids is 1. The molecule has 3 nitrogen and oxygen atoms in total. The van der Waals surface area contributed by atoms with Gasteiger partial charge in [-0.2, -0.15) is 0 Å². The van der Waals surface area contributed by atoms with Crippen molar-refractivity contribution in [2.24, 2.45) is 5.92 Å². The van der Waals surface area contributed by atoms with Crippen LogP contribution in [0.25, 0.3) is 0 Å². The maximum atomic E-state index is 10.9. The van der Waals surface area contributed by atoms with E-state index in [0.717, 1.165) is 12.8 Å². The number of nitrogens with zero attached hydrogens (tertiary/aromatic N) is 1. The third-order valence-corrected chi connectivity index (χ3v) is 6.60. The number of hydrogen-bond donors (Lipinski definition) is 1. The molecule has 1 aromatic rings. The molecule has 1 N–H and O–H groups in total. The molecule has 1 aromatic heterocycles. The Balaban J connectivity index is 1.72. The van der Waals surface area contributed by atoms with Crippen molar-refractivity contribution in [1.29, 1.82) is 0 Å². The van der Waals surface area contributed by atoms with E-state index in [4.69, 9.17) is 5.11 Å². The summed E-state index contributed by atoms with van der Waals surface area (Å²) in [6.45, 7) is 2.29. The maximum Gasteiger partial charge on any atom is 0.303 e. The van der Waals surface area contributed by atoms with E-state index >= 15 is 0 Å². The van der Waals surface area contributed by atoms with Gasteiger partial charge in [0.15, 0.2) is 0 Å². The van der Waals surface area contributed by atoms with Crippen molar-refractivity contribution >= 4 is 33.2 Å². The molecule has 5 heteroatoms. The molecule has 3 unspecified atom stereocenters. The lowest BCUT2D eigenvalue weighted by atomic mass is 9.87. The molecule has 2 aliphatic rings. The first kappa shape index (κ1) is 14.5. The van der Waals surface area contributed by atoms with Gasteiger partial charge < -0.3 is 5.11 Å². The van der Waals surface area contributed by atoms with Gasteiger partial charge in [0.1, 0.15) is 0 Å². The summed E-state index contributed by atoms with van der Waals surface area (Å²) in [6.07, 6.45) is 4.93. The molecule has 0 aliphatic carbocycles. The number of fused-ring (bicyclic) bond motifs is 2. The first-order valence-corrected chi connectivity index (χ1v) is 8.90. The van der Waals surface area contributed by atoms with Crippen LogP contribution in [0.3, 0.4) is 0 Å². The van der Waals surface area contributed by atoms with Crippen LogP contribution in [0.5, 0.6) is 0 Å². The van der Waals surface area contributed by atoms with E-state index in [0.29, 0.717) is 30.5 Å². The van der Waals surface area contributed by atoms with E-state index in [1.54, 1.807) is 0 Å². The Bertz CT molecular complexity index is 490. The molecular weight excluding hydrogens is 338 g/mol. The van der Waals surface area contributed by atoms with Crippen molar-refractivity contribution in [2.45, 2.75) is 57.2 Å². The fraction of sp³-hybridized carbons (Fsp3) is 0.667. The van der Waals surface area contributed by atoms with Crippen molar-refractivity contribution in [3.8, 4) is 0 Å². The Morgan fingerprint density at radius 2 is 2.10 bits per heavy atom. The summed E-state index contributed by atoms with van der Waals surface area (Å²) >= 11 is 5.36. The minimum atomic E-state index is -0.641. The zero-order chi connectivity index (χ0) is 14.3. The third-order valence-electron chi connectivity index (χ3n) is 4.80. The van der Waals surface area contributed by atoms with Crippen molar-refractivity contribution < 1.29 is 9.90 Å². The van der Waals surface area contributed by atoms with Crippen LogP contribution in [0.1, 0.15) is 49.9 Å². The Hall–Kier alpha value is -0.390. The second kappa shape index (κ2) is 5.78. The average Bonchev–Trinajstić information content (AvgIpc) is 2.91. The fourth-order valence-corrected chi connectivity index (χ4v) is 5.55. The van der Waals surface area contributed by atoms with Crippen molar-refractivity contribution in [2.75, 3.05) is 0 Å². The van der Waals surface area contributed by atoms with Crippen molar-refractivity contribution in [3.05, 3.63) is 20.8 Å². The third kappa shape index (κ3) is 2.81. The van der Waals surface area contributed by atoms with Gasteiger partial charge in [0.2, 0.25) is 0 Å². The molecule has 0 saturated carbocycles. The lowest BCUT2D eigenvalue weighted by Crippen LogP contribution is -2.44. The standard InChI is InChI=1S/C15H20BrNO2S/c1-9(13-4-5-14(16)20-13)17-11-2-3-12(17)7-10(6-11)8-15(18)19/h4-5,9-12H,2-3,6-8H2,1H3,(H,18,19). The second-order valence-corrected chi connectivity index (χ2v) is 8.58. The predicted octanol–water partition coefficient (Wildman–Crippen LogP) is 4.29. The molecule has 0 radical (unpaired) electrons. The first-order chi connectivity index (χ1) is 9.54. The summed E-state index contributed by atoms with van der Waals surface area (Å²) in [5, 5.41) is 9.00. The Labute approximate surface area is 132 Å². The van der Waals surface area contributed by atoms with Crippen LogP contribution >= 0.6 is 27.3 Å². The highest BCUT2D eigenvalue weighted by molar-refractivity contribution is 9.11. The average molecular weight is 358 g/mol. The second-order valence-electron chi connectivity index (χ2n) is 6.09. The van der Waals surface area contributed by atoms with Crippen LogP contribution < -0.4 is 0 Å². The van der Waals surface area contributed by atoms with Crippen LogP contribution in [0.15, 0.2) is 15.9 Å². The van der Waals surface area contributed by atoms with Gasteiger partial charge in [-0.05, 0) is 66.6 Å². The van der Waals surface area contributed by atoms with E-state index < -0.39 is 5.97 Å².